The molecule has 0 aromatic carbocycles. The molecule has 0 radical (unpaired) electrons. The van der Waals surface area contributed by atoms with Crippen LogP contribution in [0, 0.1) is 3.57 Å². The van der Waals surface area contributed by atoms with Crippen LogP contribution < -0.4 is 4.74 Å². The molecule has 0 fully saturated rings. The van der Waals surface area contributed by atoms with Gasteiger partial charge >= 0.3 is 0 Å². The number of halogens is 1. The zero-order valence-electron chi connectivity index (χ0n) is 5.50. The quantitative estimate of drug-likeness (QED) is 0.660. The van der Waals surface area contributed by atoms with Gasteiger partial charge in [0, 0.05) is 9.77 Å². The largest absolute Gasteiger partial charge is 0.469 e. The minimum absolute atomic E-state index is 0.0195. The first kappa shape index (κ1) is 7.02. The van der Waals surface area contributed by atoms with Gasteiger partial charge in [0.25, 0.3) is 0 Å². The number of nitrogens with zero attached hydrogens (tertiary/aromatic N) is 1. The third kappa shape index (κ3) is 1.11. The number of ketones is 1. The van der Waals surface area contributed by atoms with Crippen molar-refractivity contribution in [3.05, 3.63) is 21.4 Å². The van der Waals surface area contributed by atoms with Crippen molar-refractivity contribution < 1.29 is 9.53 Å². The Morgan fingerprint density at radius 3 is 3.27 bits per heavy atom. The molecule has 0 aliphatic carbocycles. The SMILES string of the molecule is O=C1COc2ncc(I)cc21. The standard InChI is InChI=1S/C7H4INO2/c8-4-1-5-6(10)3-11-7(5)9-2-4/h1-2H,3H2. The van der Waals surface area contributed by atoms with Crippen LogP contribution in [0.4, 0.5) is 0 Å². The van der Waals surface area contributed by atoms with E-state index < -0.39 is 0 Å². The van der Waals surface area contributed by atoms with E-state index in [-0.39, 0.29) is 12.4 Å². The Balaban J connectivity index is 2.60. The number of pyridine rings is 1. The maximum Gasteiger partial charge on any atom is 0.225 e. The highest BCUT2D eigenvalue weighted by atomic mass is 127. The van der Waals surface area contributed by atoms with Crippen LogP contribution in [-0.4, -0.2) is 17.4 Å². The number of aromatic nitrogens is 1. The fraction of sp³-hybridized carbons (Fsp3) is 0.143. The Morgan fingerprint density at radius 2 is 2.45 bits per heavy atom. The summed E-state index contributed by atoms with van der Waals surface area (Å²) in [5.41, 5.74) is 0.608. The van der Waals surface area contributed by atoms with Gasteiger partial charge in [-0.25, -0.2) is 4.98 Å². The molecule has 0 spiro atoms. The van der Waals surface area contributed by atoms with Gasteiger partial charge in [0.05, 0.1) is 5.56 Å². The highest BCUT2D eigenvalue weighted by Gasteiger charge is 2.21. The first-order valence-corrected chi connectivity index (χ1v) is 4.17. The van der Waals surface area contributed by atoms with Crippen molar-refractivity contribution >= 4 is 28.4 Å². The molecule has 11 heavy (non-hydrogen) atoms. The second-order valence-corrected chi connectivity index (χ2v) is 3.46. The van der Waals surface area contributed by atoms with Gasteiger partial charge in [-0.05, 0) is 28.7 Å². The molecule has 0 atom stereocenters. The lowest BCUT2D eigenvalue weighted by molar-refractivity contribution is 0.0960. The third-order valence-corrected chi connectivity index (χ3v) is 2.05. The van der Waals surface area contributed by atoms with Crippen molar-refractivity contribution in [1.29, 1.82) is 0 Å². The molecule has 2 rings (SSSR count). The number of fused-ring (bicyclic) bond motifs is 1. The summed E-state index contributed by atoms with van der Waals surface area (Å²) in [7, 11) is 0. The predicted molar refractivity (Wildman–Crippen MR) is 46.8 cm³/mol. The van der Waals surface area contributed by atoms with Crippen LogP contribution >= 0.6 is 22.6 Å². The van der Waals surface area contributed by atoms with E-state index >= 15 is 0 Å². The van der Waals surface area contributed by atoms with E-state index in [1.807, 2.05) is 0 Å². The second-order valence-electron chi connectivity index (χ2n) is 2.22. The average molecular weight is 261 g/mol. The fourth-order valence-corrected chi connectivity index (χ4v) is 1.40. The second kappa shape index (κ2) is 2.44. The van der Waals surface area contributed by atoms with Crippen molar-refractivity contribution in [3.63, 3.8) is 0 Å². The molecule has 0 saturated carbocycles. The molecule has 0 amide bonds. The van der Waals surface area contributed by atoms with E-state index in [9.17, 15) is 4.79 Å². The van der Waals surface area contributed by atoms with Crippen LogP contribution in [0.5, 0.6) is 5.88 Å². The van der Waals surface area contributed by atoms with Gasteiger partial charge in [-0.15, -0.1) is 0 Å². The average Bonchev–Trinajstić information content (AvgIpc) is 2.33. The molecular weight excluding hydrogens is 257 g/mol. The number of Topliss-reactive ketones (excluding diaryl/α,β-unsaturated/α-hetero) is 1. The van der Waals surface area contributed by atoms with Crippen LogP contribution in [0.15, 0.2) is 12.3 Å². The monoisotopic (exact) mass is 261 g/mol. The summed E-state index contributed by atoms with van der Waals surface area (Å²) in [5.74, 6) is 0.487. The molecule has 56 valence electrons. The topological polar surface area (TPSA) is 39.2 Å². The number of rotatable bonds is 0. The Hall–Kier alpha value is -0.650. The van der Waals surface area contributed by atoms with Crippen molar-refractivity contribution in [2.24, 2.45) is 0 Å². The maximum absolute atomic E-state index is 11.0. The van der Waals surface area contributed by atoms with Gasteiger partial charge in [0.15, 0.2) is 6.61 Å². The molecule has 1 aromatic heterocycles. The number of hydrogen-bond acceptors (Lipinski definition) is 3. The van der Waals surface area contributed by atoms with Gasteiger partial charge < -0.3 is 4.74 Å². The maximum atomic E-state index is 11.0. The van der Waals surface area contributed by atoms with E-state index in [1.165, 1.54) is 0 Å². The number of hydrogen-bond donors (Lipinski definition) is 0. The van der Waals surface area contributed by atoms with E-state index in [4.69, 9.17) is 4.74 Å². The number of carbonyl (C=O) groups is 1. The summed E-state index contributed by atoms with van der Waals surface area (Å²) in [6, 6.07) is 1.79. The van der Waals surface area contributed by atoms with E-state index in [0.717, 1.165) is 3.57 Å². The van der Waals surface area contributed by atoms with Crippen LogP contribution in [0.3, 0.4) is 0 Å². The predicted octanol–water partition coefficient (Wildman–Crippen LogP) is 1.26. The molecule has 1 aliphatic rings. The molecule has 1 aliphatic heterocycles. The molecule has 1 aromatic rings. The van der Waals surface area contributed by atoms with Crippen molar-refractivity contribution in [2.75, 3.05) is 6.61 Å². The van der Waals surface area contributed by atoms with Gasteiger partial charge in [0.1, 0.15) is 0 Å². The lowest BCUT2D eigenvalue weighted by Gasteiger charge is -1.94. The van der Waals surface area contributed by atoms with Gasteiger partial charge in [0.2, 0.25) is 11.7 Å². The van der Waals surface area contributed by atoms with Gasteiger partial charge in [-0.2, -0.15) is 0 Å². The lowest BCUT2D eigenvalue weighted by Crippen LogP contribution is -1.98. The van der Waals surface area contributed by atoms with Crippen molar-refractivity contribution in [1.82, 2.24) is 4.98 Å². The van der Waals surface area contributed by atoms with Crippen LogP contribution in [0.1, 0.15) is 10.4 Å². The molecule has 3 nitrogen and oxygen atoms in total. The summed E-state index contributed by atoms with van der Waals surface area (Å²) in [4.78, 5) is 15.0. The highest BCUT2D eigenvalue weighted by molar-refractivity contribution is 14.1. The Bertz CT molecular complexity index is 324. The summed E-state index contributed by atoms with van der Waals surface area (Å²) in [6.07, 6.45) is 1.68. The summed E-state index contributed by atoms with van der Waals surface area (Å²) >= 11 is 2.11. The van der Waals surface area contributed by atoms with E-state index in [2.05, 4.69) is 27.6 Å². The van der Waals surface area contributed by atoms with E-state index in [0.29, 0.717) is 11.4 Å². The molecule has 0 saturated heterocycles. The minimum atomic E-state index is 0.0195. The van der Waals surface area contributed by atoms with Crippen LogP contribution in [-0.2, 0) is 0 Å². The smallest absolute Gasteiger partial charge is 0.225 e. The Morgan fingerprint density at radius 1 is 1.64 bits per heavy atom. The first-order chi connectivity index (χ1) is 5.27. The Kier molecular flexibility index (Phi) is 1.56. The number of ether oxygens (including phenoxy) is 1. The van der Waals surface area contributed by atoms with Gasteiger partial charge in [-0.3, -0.25) is 4.79 Å². The molecule has 0 N–H and O–H groups in total. The summed E-state index contributed by atoms with van der Waals surface area (Å²) in [6.45, 7) is 0.141. The van der Waals surface area contributed by atoms with Gasteiger partial charge in [-0.1, -0.05) is 0 Å². The summed E-state index contributed by atoms with van der Waals surface area (Å²) < 4.78 is 5.96. The fourth-order valence-electron chi connectivity index (χ4n) is 0.953. The van der Waals surface area contributed by atoms with Crippen molar-refractivity contribution in [3.8, 4) is 5.88 Å². The molecular formula is C7H4INO2. The van der Waals surface area contributed by atoms with Crippen LogP contribution in [0.2, 0.25) is 0 Å². The van der Waals surface area contributed by atoms with Crippen molar-refractivity contribution in [2.45, 2.75) is 0 Å². The summed E-state index contributed by atoms with van der Waals surface area (Å²) in [5, 5.41) is 0. The zero-order chi connectivity index (χ0) is 7.84. The van der Waals surface area contributed by atoms with E-state index in [1.54, 1.807) is 12.3 Å². The number of carbonyl (C=O) groups excluding carboxylic acids is 1. The first-order valence-electron chi connectivity index (χ1n) is 3.09. The zero-order valence-corrected chi connectivity index (χ0v) is 7.66. The molecule has 0 bridgehead atoms. The molecule has 4 heteroatoms. The normalized spacial score (nSPS) is 14.5. The molecule has 0 unspecified atom stereocenters. The lowest BCUT2D eigenvalue weighted by atomic mass is 10.2. The molecule has 2 heterocycles. The minimum Gasteiger partial charge on any atom is -0.469 e. The highest BCUT2D eigenvalue weighted by Crippen LogP contribution is 2.23. The third-order valence-electron chi connectivity index (χ3n) is 1.46. The van der Waals surface area contributed by atoms with Crippen LogP contribution in [0.25, 0.3) is 0 Å². The Labute approximate surface area is 76.9 Å².